The third kappa shape index (κ3) is 2.33. The predicted octanol–water partition coefficient (Wildman–Crippen LogP) is 2.84. The average molecular weight is 182 g/mol. The molecule has 0 aromatic heterocycles. The molecule has 0 spiro atoms. The van der Waals surface area contributed by atoms with Crippen molar-refractivity contribution in [2.75, 3.05) is 0 Å². The van der Waals surface area contributed by atoms with E-state index in [1.54, 1.807) is 0 Å². The van der Waals surface area contributed by atoms with E-state index >= 15 is 0 Å². The second-order valence-corrected chi connectivity index (χ2v) is 4.63. The Kier molecular flexibility index (Phi) is 2.79. The second kappa shape index (κ2) is 3.52. The van der Waals surface area contributed by atoms with Crippen LogP contribution >= 0.6 is 0 Å². The van der Waals surface area contributed by atoms with Gasteiger partial charge in [0, 0.05) is 0 Å². The molecule has 0 bridgehead atoms. The molecule has 0 saturated heterocycles. The van der Waals surface area contributed by atoms with Gasteiger partial charge in [0.1, 0.15) is 0 Å². The molecule has 0 saturated carbocycles. The monoisotopic (exact) mass is 182 g/mol. The van der Waals surface area contributed by atoms with E-state index in [0.717, 1.165) is 12.8 Å². The van der Waals surface area contributed by atoms with Gasteiger partial charge in [0.05, 0.1) is 6.42 Å². The fourth-order valence-corrected chi connectivity index (χ4v) is 2.22. The lowest BCUT2D eigenvalue weighted by molar-refractivity contribution is -0.138. The third-order valence-electron chi connectivity index (χ3n) is 3.13. The highest BCUT2D eigenvalue weighted by atomic mass is 16.4. The number of rotatable bonds is 2. The van der Waals surface area contributed by atoms with Gasteiger partial charge in [-0.2, -0.15) is 0 Å². The Morgan fingerprint density at radius 1 is 1.69 bits per heavy atom. The van der Waals surface area contributed by atoms with Crippen LogP contribution in [0.5, 0.6) is 0 Å². The summed E-state index contributed by atoms with van der Waals surface area (Å²) < 4.78 is 0. The Morgan fingerprint density at radius 2 is 2.31 bits per heavy atom. The van der Waals surface area contributed by atoms with Gasteiger partial charge >= 0.3 is 5.97 Å². The standard InChI is InChI=1S/C11H18O2/c1-8-5-4-6-11(2,3)9(8)7-10(12)13/h5,9H,4,6-7H2,1-3H3,(H,12,13)/t9-/m1/s1. The molecular formula is C11H18O2. The molecule has 2 nitrogen and oxygen atoms in total. The maximum absolute atomic E-state index is 10.7. The van der Waals surface area contributed by atoms with Crippen molar-refractivity contribution in [1.29, 1.82) is 0 Å². The Morgan fingerprint density at radius 3 is 2.77 bits per heavy atom. The number of carboxylic acid groups (broad SMARTS) is 1. The highest BCUT2D eigenvalue weighted by Crippen LogP contribution is 2.42. The summed E-state index contributed by atoms with van der Waals surface area (Å²) in [5.74, 6) is -0.466. The number of carboxylic acids is 1. The molecule has 0 aromatic rings. The van der Waals surface area contributed by atoms with Gasteiger partial charge in [-0.15, -0.1) is 0 Å². The maximum Gasteiger partial charge on any atom is 0.303 e. The molecule has 2 heteroatoms. The molecular weight excluding hydrogens is 164 g/mol. The van der Waals surface area contributed by atoms with Crippen LogP contribution in [0.2, 0.25) is 0 Å². The zero-order valence-electron chi connectivity index (χ0n) is 8.63. The van der Waals surface area contributed by atoms with E-state index in [-0.39, 0.29) is 17.8 Å². The number of aliphatic carboxylic acids is 1. The van der Waals surface area contributed by atoms with Crippen molar-refractivity contribution in [3.63, 3.8) is 0 Å². The molecule has 0 amide bonds. The van der Waals surface area contributed by atoms with E-state index in [0.29, 0.717) is 0 Å². The fourth-order valence-electron chi connectivity index (χ4n) is 2.22. The molecule has 0 aliphatic heterocycles. The van der Waals surface area contributed by atoms with Gasteiger partial charge in [-0.3, -0.25) is 4.79 Å². The Hall–Kier alpha value is -0.790. The summed E-state index contributed by atoms with van der Waals surface area (Å²) in [7, 11) is 0. The van der Waals surface area contributed by atoms with Crippen LogP contribution in [0.25, 0.3) is 0 Å². The Labute approximate surface area is 79.6 Å². The summed E-state index contributed by atoms with van der Waals surface area (Å²) in [6, 6.07) is 0. The van der Waals surface area contributed by atoms with Crippen molar-refractivity contribution in [2.24, 2.45) is 11.3 Å². The van der Waals surface area contributed by atoms with Crippen LogP contribution in [0, 0.1) is 11.3 Å². The van der Waals surface area contributed by atoms with Crippen LogP contribution in [-0.4, -0.2) is 11.1 Å². The minimum absolute atomic E-state index is 0.150. The van der Waals surface area contributed by atoms with Gasteiger partial charge in [0.2, 0.25) is 0 Å². The highest BCUT2D eigenvalue weighted by molar-refractivity contribution is 5.67. The first-order chi connectivity index (χ1) is 5.93. The van der Waals surface area contributed by atoms with Gasteiger partial charge in [0.25, 0.3) is 0 Å². The lowest BCUT2D eigenvalue weighted by Gasteiger charge is -2.37. The van der Waals surface area contributed by atoms with Crippen molar-refractivity contribution < 1.29 is 9.90 Å². The number of allylic oxidation sites excluding steroid dienone is 2. The molecule has 1 rings (SSSR count). The van der Waals surface area contributed by atoms with E-state index in [1.165, 1.54) is 5.57 Å². The summed E-state index contributed by atoms with van der Waals surface area (Å²) >= 11 is 0. The summed E-state index contributed by atoms with van der Waals surface area (Å²) in [4.78, 5) is 10.7. The van der Waals surface area contributed by atoms with Crippen molar-refractivity contribution in [1.82, 2.24) is 0 Å². The Balaban J connectivity index is 2.81. The SMILES string of the molecule is CC1=CCCC(C)(C)[C@@H]1CC(=O)O. The molecule has 1 aliphatic rings. The molecule has 0 heterocycles. The van der Waals surface area contributed by atoms with E-state index < -0.39 is 5.97 Å². The molecule has 1 aliphatic carbocycles. The van der Waals surface area contributed by atoms with E-state index in [9.17, 15) is 4.79 Å². The third-order valence-corrected chi connectivity index (χ3v) is 3.13. The van der Waals surface area contributed by atoms with Gasteiger partial charge in [0.15, 0.2) is 0 Å². The summed E-state index contributed by atoms with van der Waals surface area (Å²) in [5.41, 5.74) is 1.40. The molecule has 74 valence electrons. The minimum atomic E-state index is -0.687. The summed E-state index contributed by atoms with van der Waals surface area (Å²) in [5, 5.41) is 8.79. The second-order valence-electron chi connectivity index (χ2n) is 4.63. The van der Waals surface area contributed by atoms with Crippen molar-refractivity contribution >= 4 is 5.97 Å². The van der Waals surface area contributed by atoms with Crippen LogP contribution in [-0.2, 0) is 4.79 Å². The van der Waals surface area contributed by atoms with E-state index in [2.05, 4.69) is 26.8 Å². The van der Waals surface area contributed by atoms with Gasteiger partial charge < -0.3 is 5.11 Å². The first-order valence-corrected chi connectivity index (χ1v) is 4.82. The zero-order chi connectivity index (χ0) is 10.1. The van der Waals surface area contributed by atoms with Crippen LogP contribution in [0.4, 0.5) is 0 Å². The van der Waals surface area contributed by atoms with Gasteiger partial charge in [-0.05, 0) is 31.1 Å². The Bertz CT molecular complexity index is 238. The van der Waals surface area contributed by atoms with Crippen molar-refractivity contribution in [2.45, 2.75) is 40.0 Å². The molecule has 1 atom stereocenters. The van der Waals surface area contributed by atoms with Crippen LogP contribution in [0.1, 0.15) is 40.0 Å². The molecule has 0 aromatic carbocycles. The van der Waals surface area contributed by atoms with Crippen molar-refractivity contribution in [3.8, 4) is 0 Å². The first kappa shape index (κ1) is 10.3. The summed E-state index contributed by atoms with van der Waals surface area (Å²) in [6.45, 7) is 6.38. The quantitative estimate of drug-likeness (QED) is 0.667. The van der Waals surface area contributed by atoms with Crippen LogP contribution < -0.4 is 0 Å². The number of hydrogen-bond acceptors (Lipinski definition) is 1. The average Bonchev–Trinajstić information content (AvgIpc) is 1.96. The fraction of sp³-hybridized carbons (Fsp3) is 0.727. The molecule has 1 N–H and O–H groups in total. The molecule has 0 radical (unpaired) electrons. The van der Waals surface area contributed by atoms with E-state index in [4.69, 9.17) is 5.11 Å². The van der Waals surface area contributed by atoms with Crippen molar-refractivity contribution in [3.05, 3.63) is 11.6 Å². The lowest BCUT2D eigenvalue weighted by Crippen LogP contribution is -2.29. The van der Waals surface area contributed by atoms with E-state index in [1.807, 2.05) is 0 Å². The predicted molar refractivity (Wildman–Crippen MR) is 52.5 cm³/mol. The van der Waals surface area contributed by atoms with Gasteiger partial charge in [-0.25, -0.2) is 0 Å². The smallest absolute Gasteiger partial charge is 0.303 e. The zero-order valence-corrected chi connectivity index (χ0v) is 8.63. The minimum Gasteiger partial charge on any atom is -0.481 e. The number of hydrogen-bond donors (Lipinski definition) is 1. The largest absolute Gasteiger partial charge is 0.481 e. The molecule has 0 unspecified atom stereocenters. The first-order valence-electron chi connectivity index (χ1n) is 4.82. The van der Waals surface area contributed by atoms with Crippen LogP contribution in [0.3, 0.4) is 0 Å². The normalized spacial score (nSPS) is 26.7. The molecule has 0 fully saturated rings. The molecule has 13 heavy (non-hydrogen) atoms. The van der Waals surface area contributed by atoms with Gasteiger partial charge in [-0.1, -0.05) is 25.5 Å². The number of carbonyl (C=O) groups is 1. The maximum atomic E-state index is 10.7. The topological polar surface area (TPSA) is 37.3 Å². The summed E-state index contributed by atoms with van der Waals surface area (Å²) in [6.07, 6.45) is 4.64. The highest BCUT2D eigenvalue weighted by Gasteiger charge is 2.33. The van der Waals surface area contributed by atoms with Crippen LogP contribution in [0.15, 0.2) is 11.6 Å². The lowest BCUT2D eigenvalue weighted by atomic mass is 9.67.